The molecule has 1 unspecified atom stereocenters. The van der Waals surface area contributed by atoms with Crippen LogP contribution in [0.5, 0.6) is 0 Å². The first kappa shape index (κ1) is 19.4. The van der Waals surface area contributed by atoms with Crippen molar-refractivity contribution in [2.24, 2.45) is 5.92 Å². The Morgan fingerprint density at radius 2 is 1.89 bits per heavy atom. The van der Waals surface area contributed by atoms with E-state index < -0.39 is 0 Å². The first-order valence-corrected chi connectivity index (χ1v) is 10.9. The second-order valence-electron chi connectivity index (χ2n) is 9.03. The summed E-state index contributed by atoms with van der Waals surface area (Å²) in [6.45, 7) is 5.30. The summed E-state index contributed by atoms with van der Waals surface area (Å²) in [5, 5.41) is 2.69. The molecule has 1 saturated carbocycles. The predicted molar refractivity (Wildman–Crippen MR) is 110 cm³/mol. The molecule has 1 aromatic carbocycles. The Kier molecular flexibility index (Phi) is 5.72. The zero-order valence-corrected chi connectivity index (χ0v) is 17.1. The van der Waals surface area contributed by atoms with Crippen LogP contribution in [-0.2, 0) is 22.6 Å². The third-order valence-corrected chi connectivity index (χ3v) is 7.02. The minimum absolute atomic E-state index is 0.0268. The lowest BCUT2D eigenvalue weighted by Crippen LogP contribution is -2.55. The number of carbonyl (C=O) groups excluding carboxylic acids is 2. The molecule has 1 aliphatic carbocycles. The smallest absolute Gasteiger partial charge is 0.242 e. The van der Waals surface area contributed by atoms with Crippen molar-refractivity contribution in [1.82, 2.24) is 15.1 Å². The molecule has 1 spiro atoms. The molecule has 2 fully saturated rings. The zero-order valence-electron chi connectivity index (χ0n) is 17.1. The summed E-state index contributed by atoms with van der Waals surface area (Å²) in [5.74, 6) is 0.693. The quantitative estimate of drug-likeness (QED) is 0.870. The lowest BCUT2D eigenvalue weighted by molar-refractivity contribution is -0.134. The van der Waals surface area contributed by atoms with Crippen molar-refractivity contribution in [2.75, 3.05) is 26.2 Å². The summed E-state index contributed by atoms with van der Waals surface area (Å²) < 4.78 is 0. The SMILES string of the molecule is CC(=O)NCC(=O)N1Cc2ccccc2CC2(CCCN2CC2CCCC2)C1. The van der Waals surface area contributed by atoms with Gasteiger partial charge < -0.3 is 10.2 Å². The average molecular weight is 384 g/mol. The van der Waals surface area contributed by atoms with E-state index in [-0.39, 0.29) is 23.9 Å². The fraction of sp³-hybridized carbons (Fsp3) is 0.652. The van der Waals surface area contributed by atoms with Crippen LogP contribution in [0.15, 0.2) is 24.3 Å². The van der Waals surface area contributed by atoms with E-state index in [4.69, 9.17) is 0 Å². The summed E-state index contributed by atoms with van der Waals surface area (Å²) in [7, 11) is 0. The van der Waals surface area contributed by atoms with E-state index in [9.17, 15) is 9.59 Å². The first-order chi connectivity index (χ1) is 13.6. The molecule has 0 aromatic heterocycles. The minimum Gasteiger partial charge on any atom is -0.347 e. The van der Waals surface area contributed by atoms with E-state index in [0.29, 0.717) is 6.54 Å². The maximum absolute atomic E-state index is 12.9. The van der Waals surface area contributed by atoms with Gasteiger partial charge in [-0.05, 0) is 55.7 Å². The number of likely N-dealkylation sites (tertiary alicyclic amines) is 1. The number of fused-ring (bicyclic) bond motifs is 1. The van der Waals surface area contributed by atoms with E-state index in [0.717, 1.165) is 31.8 Å². The van der Waals surface area contributed by atoms with Gasteiger partial charge in [0.05, 0.1) is 6.54 Å². The molecule has 1 N–H and O–H groups in total. The molecule has 152 valence electrons. The van der Waals surface area contributed by atoms with Gasteiger partial charge in [-0.25, -0.2) is 0 Å². The second-order valence-corrected chi connectivity index (χ2v) is 9.03. The van der Waals surface area contributed by atoms with Gasteiger partial charge in [0, 0.05) is 32.1 Å². The van der Waals surface area contributed by atoms with Crippen LogP contribution in [0, 0.1) is 5.92 Å². The highest BCUT2D eigenvalue weighted by Gasteiger charge is 2.45. The van der Waals surface area contributed by atoms with Crippen LogP contribution in [-0.4, -0.2) is 53.3 Å². The standard InChI is InChI=1S/C23H33N3O2/c1-18(27)24-14-22(28)25-16-21-10-5-4-9-20(21)13-23(17-25)11-6-12-26(23)15-19-7-2-3-8-19/h4-5,9-10,19H,2-3,6-8,11-17H2,1H3,(H,24,27). The topological polar surface area (TPSA) is 52.7 Å². The third-order valence-electron chi connectivity index (χ3n) is 7.02. The molecule has 2 heterocycles. The van der Waals surface area contributed by atoms with Crippen molar-refractivity contribution in [2.45, 2.75) is 64.0 Å². The monoisotopic (exact) mass is 383 g/mol. The largest absolute Gasteiger partial charge is 0.347 e. The van der Waals surface area contributed by atoms with Gasteiger partial charge in [-0.3, -0.25) is 14.5 Å². The van der Waals surface area contributed by atoms with Gasteiger partial charge in [-0.1, -0.05) is 37.1 Å². The molecule has 5 heteroatoms. The first-order valence-electron chi connectivity index (χ1n) is 10.9. The second kappa shape index (κ2) is 8.24. The fourth-order valence-corrected chi connectivity index (χ4v) is 5.56. The third kappa shape index (κ3) is 4.09. The van der Waals surface area contributed by atoms with Crippen LogP contribution in [0.1, 0.15) is 56.6 Å². The Morgan fingerprint density at radius 1 is 1.14 bits per heavy atom. The van der Waals surface area contributed by atoms with E-state index in [1.54, 1.807) is 0 Å². The maximum Gasteiger partial charge on any atom is 0.242 e. The number of amides is 2. The van der Waals surface area contributed by atoms with Gasteiger partial charge in [0.15, 0.2) is 0 Å². The molecule has 1 saturated heterocycles. The lowest BCUT2D eigenvalue weighted by Gasteiger charge is -2.42. The molecule has 5 nitrogen and oxygen atoms in total. The molecule has 1 aromatic rings. The highest BCUT2D eigenvalue weighted by Crippen LogP contribution is 2.39. The van der Waals surface area contributed by atoms with Gasteiger partial charge in [-0.15, -0.1) is 0 Å². The molecule has 4 rings (SSSR count). The molecular weight excluding hydrogens is 350 g/mol. The van der Waals surface area contributed by atoms with Crippen molar-refractivity contribution in [3.8, 4) is 0 Å². The Balaban J connectivity index is 1.60. The van der Waals surface area contributed by atoms with Crippen molar-refractivity contribution in [1.29, 1.82) is 0 Å². The number of rotatable bonds is 4. The van der Waals surface area contributed by atoms with Crippen LogP contribution < -0.4 is 5.32 Å². The molecule has 3 aliphatic rings. The number of benzene rings is 1. The predicted octanol–water partition coefficient (Wildman–Crippen LogP) is 2.73. The molecule has 0 bridgehead atoms. The van der Waals surface area contributed by atoms with Crippen LogP contribution >= 0.6 is 0 Å². The number of nitrogens with one attached hydrogen (secondary N) is 1. The highest BCUT2D eigenvalue weighted by molar-refractivity contribution is 5.83. The van der Waals surface area contributed by atoms with E-state index in [2.05, 4.69) is 34.5 Å². The summed E-state index contributed by atoms with van der Waals surface area (Å²) in [6.07, 6.45) is 8.84. The highest BCUT2D eigenvalue weighted by atomic mass is 16.2. The van der Waals surface area contributed by atoms with Crippen LogP contribution in [0.3, 0.4) is 0 Å². The number of hydrogen-bond donors (Lipinski definition) is 1. The molecule has 28 heavy (non-hydrogen) atoms. The Morgan fingerprint density at radius 3 is 2.64 bits per heavy atom. The summed E-state index contributed by atoms with van der Waals surface area (Å²) in [6, 6.07) is 8.59. The number of carbonyl (C=O) groups is 2. The molecule has 2 amide bonds. The normalized spacial score (nSPS) is 25.7. The Hall–Kier alpha value is -1.88. The van der Waals surface area contributed by atoms with E-state index in [1.807, 2.05) is 4.90 Å². The summed E-state index contributed by atoms with van der Waals surface area (Å²) in [4.78, 5) is 29.0. The van der Waals surface area contributed by atoms with Crippen LogP contribution in [0.25, 0.3) is 0 Å². The van der Waals surface area contributed by atoms with Crippen molar-refractivity contribution in [3.05, 3.63) is 35.4 Å². The summed E-state index contributed by atoms with van der Waals surface area (Å²) >= 11 is 0. The molecule has 0 radical (unpaired) electrons. The van der Waals surface area contributed by atoms with E-state index in [1.165, 1.54) is 56.7 Å². The van der Waals surface area contributed by atoms with E-state index >= 15 is 0 Å². The van der Waals surface area contributed by atoms with Crippen molar-refractivity contribution < 1.29 is 9.59 Å². The van der Waals surface area contributed by atoms with Crippen molar-refractivity contribution >= 4 is 11.8 Å². The van der Waals surface area contributed by atoms with Crippen LogP contribution in [0.4, 0.5) is 0 Å². The van der Waals surface area contributed by atoms with Crippen LogP contribution in [0.2, 0.25) is 0 Å². The maximum atomic E-state index is 12.9. The summed E-state index contributed by atoms with van der Waals surface area (Å²) in [5.41, 5.74) is 2.68. The number of hydrogen-bond acceptors (Lipinski definition) is 3. The van der Waals surface area contributed by atoms with Gasteiger partial charge >= 0.3 is 0 Å². The van der Waals surface area contributed by atoms with Gasteiger partial charge in [-0.2, -0.15) is 0 Å². The molecule has 1 atom stereocenters. The number of nitrogens with zero attached hydrogens (tertiary/aromatic N) is 2. The van der Waals surface area contributed by atoms with Gasteiger partial charge in [0.25, 0.3) is 0 Å². The fourth-order valence-electron chi connectivity index (χ4n) is 5.56. The zero-order chi connectivity index (χ0) is 19.6. The van der Waals surface area contributed by atoms with Gasteiger partial charge in [0.2, 0.25) is 11.8 Å². The minimum atomic E-state index is -0.151. The van der Waals surface area contributed by atoms with Crippen molar-refractivity contribution in [3.63, 3.8) is 0 Å². The molecular formula is C23H33N3O2. The average Bonchev–Trinajstić information content (AvgIpc) is 3.27. The lowest BCUT2D eigenvalue weighted by atomic mass is 9.86. The van der Waals surface area contributed by atoms with Gasteiger partial charge in [0.1, 0.15) is 0 Å². The molecule has 2 aliphatic heterocycles. The Bertz CT molecular complexity index is 728. The Labute approximate surface area is 168 Å².